The summed E-state index contributed by atoms with van der Waals surface area (Å²) < 4.78 is 0. The van der Waals surface area contributed by atoms with Gasteiger partial charge in [0.2, 0.25) is 0 Å². The van der Waals surface area contributed by atoms with Crippen LogP contribution in [0, 0.1) is 19.8 Å². The Morgan fingerprint density at radius 3 is 2.77 bits per heavy atom. The Labute approximate surface area is 184 Å². The largest absolute Gasteiger partial charge is 0.340 e. The van der Waals surface area contributed by atoms with Crippen LogP contribution in [0.2, 0.25) is 5.02 Å². The van der Waals surface area contributed by atoms with Crippen molar-refractivity contribution in [2.75, 3.05) is 6.54 Å². The number of carbonyl (C=O) groups is 1. The number of hydrogen-bond donors (Lipinski definition) is 1. The number of piperidine rings is 1. The maximum atomic E-state index is 13.8. The smallest absolute Gasteiger partial charge is 0.256 e. The number of fused-ring (bicyclic) bond motifs is 2. The van der Waals surface area contributed by atoms with Crippen molar-refractivity contribution in [3.05, 3.63) is 70.3 Å². The van der Waals surface area contributed by atoms with Crippen LogP contribution < -0.4 is 0 Å². The second-order valence-corrected chi connectivity index (χ2v) is 8.97. The quantitative estimate of drug-likeness (QED) is 0.526. The number of likely N-dealkylation sites (tertiary alicyclic amines) is 1. The molecule has 1 aliphatic heterocycles. The number of aromatic amines is 1. The van der Waals surface area contributed by atoms with E-state index in [-0.39, 0.29) is 11.4 Å². The highest BCUT2D eigenvalue weighted by molar-refractivity contribution is 6.32. The Bertz CT molecular complexity index is 1340. The van der Waals surface area contributed by atoms with Crippen LogP contribution in [-0.4, -0.2) is 42.3 Å². The minimum Gasteiger partial charge on any atom is -0.340 e. The number of H-pyrrole nitrogens is 1. The molecule has 7 nitrogen and oxygen atoms in total. The van der Waals surface area contributed by atoms with Gasteiger partial charge in [0.1, 0.15) is 11.4 Å². The highest BCUT2D eigenvalue weighted by Gasteiger charge is 2.66. The molecule has 2 aliphatic rings. The average molecular weight is 433 g/mol. The summed E-state index contributed by atoms with van der Waals surface area (Å²) in [6, 6.07) is 9.63. The lowest BCUT2D eigenvalue weighted by atomic mass is 10.1. The lowest BCUT2D eigenvalue weighted by molar-refractivity contribution is 0.0680. The highest BCUT2D eigenvalue weighted by Crippen LogP contribution is 2.62. The molecule has 2 atom stereocenters. The van der Waals surface area contributed by atoms with E-state index in [9.17, 15) is 4.79 Å². The summed E-state index contributed by atoms with van der Waals surface area (Å²) in [6.07, 6.45) is 5.13. The summed E-state index contributed by atoms with van der Waals surface area (Å²) in [5.41, 5.74) is 4.75. The van der Waals surface area contributed by atoms with E-state index in [1.165, 1.54) is 4.80 Å². The van der Waals surface area contributed by atoms with Gasteiger partial charge in [-0.2, -0.15) is 15.0 Å². The van der Waals surface area contributed by atoms with Crippen molar-refractivity contribution in [2.45, 2.75) is 32.2 Å². The van der Waals surface area contributed by atoms with Crippen LogP contribution in [0.1, 0.15) is 40.2 Å². The zero-order chi connectivity index (χ0) is 21.3. The number of nitrogens with zero attached hydrogens (tertiary/aromatic N) is 5. The van der Waals surface area contributed by atoms with Gasteiger partial charge in [-0.3, -0.25) is 4.79 Å². The molecule has 0 radical (unpaired) electrons. The van der Waals surface area contributed by atoms with Gasteiger partial charge in [-0.15, -0.1) is 0 Å². The molecule has 2 aromatic carbocycles. The van der Waals surface area contributed by atoms with Crippen LogP contribution in [0.25, 0.3) is 16.7 Å². The van der Waals surface area contributed by atoms with Crippen molar-refractivity contribution < 1.29 is 4.79 Å². The third-order valence-electron chi connectivity index (χ3n) is 6.77. The summed E-state index contributed by atoms with van der Waals surface area (Å²) in [5.74, 6) is 1.27. The van der Waals surface area contributed by atoms with E-state index < -0.39 is 0 Å². The Morgan fingerprint density at radius 1 is 1.19 bits per heavy atom. The number of imidazole rings is 1. The lowest BCUT2D eigenvalue weighted by Gasteiger charge is -2.28. The van der Waals surface area contributed by atoms with Crippen LogP contribution in [0.3, 0.4) is 0 Å². The second-order valence-electron chi connectivity index (χ2n) is 8.56. The Balaban J connectivity index is 1.44. The molecule has 1 saturated heterocycles. The molecule has 1 amide bonds. The fraction of sp³-hybridized carbons (Fsp3) is 0.304. The lowest BCUT2D eigenvalue weighted by Crippen LogP contribution is -2.39. The normalized spacial score (nSPS) is 22.2. The number of aromatic nitrogens is 5. The van der Waals surface area contributed by atoms with E-state index in [1.807, 2.05) is 49.1 Å². The number of nitrogens with one attached hydrogen (secondary N) is 1. The van der Waals surface area contributed by atoms with E-state index in [1.54, 1.807) is 12.4 Å². The number of amides is 1. The summed E-state index contributed by atoms with van der Waals surface area (Å²) in [5, 5.41) is 9.21. The molecular formula is C23H21ClN6O. The Hall–Kier alpha value is -3.19. The van der Waals surface area contributed by atoms with Gasteiger partial charge in [-0.05, 0) is 68.0 Å². The zero-order valence-electron chi connectivity index (χ0n) is 17.3. The van der Waals surface area contributed by atoms with E-state index in [2.05, 4.69) is 15.2 Å². The fourth-order valence-electron chi connectivity index (χ4n) is 5.04. The number of aryl methyl sites for hydroxylation is 2. The molecule has 4 aromatic rings. The van der Waals surface area contributed by atoms with Gasteiger partial charge in [-0.1, -0.05) is 17.7 Å². The van der Waals surface area contributed by atoms with Crippen LogP contribution in [-0.2, 0) is 5.54 Å². The fourth-order valence-corrected chi connectivity index (χ4v) is 5.19. The van der Waals surface area contributed by atoms with Crippen molar-refractivity contribution in [3.8, 4) is 5.69 Å². The maximum Gasteiger partial charge on any atom is 0.256 e. The maximum absolute atomic E-state index is 13.8. The van der Waals surface area contributed by atoms with E-state index in [0.29, 0.717) is 28.7 Å². The van der Waals surface area contributed by atoms with Crippen LogP contribution in [0.5, 0.6) is 0 Å². The third-order valence-corrected chi connectivity index (χ3v) is 7.18. The average Bonchev–Trinajstić information content (AvgIpc) is 3.21. The molecule has 31 heavy (non-hydrogen) atoms. The van der Waals surface area contributed by atoms with Gasteiger partial charge in [0.05, 0.1) is 34.7 Å². The first-order valence-electron chi connectivity index (χ1n) is 10.4. The zero-order valence-corrected chi connectivity index (χ0v) is 18.0. The first-order chi connectivity index (χ1) is 15.0. The van der Waals surface area contributed by atoms with Crippen molar-refractivity contribution in [3.63, 3.8) is 0 Å². The molecule has 3 heterocycles. The van der Waals surface area contributed by atoms with E-state index in [4.69, 9.17) is 16.6 Å². The van der Waals surface area contributed by atoms with E-state index >= 15 is 0 Å². The molecule has 2 aromatic heterocycles. The standard InChI is InChI=1S/C23H21ClN6O/c1-13-3-4-16(19(11-13)30-25-8-9-26-30)21(31)29-10-7-15-12-23(15,29)22-27-18-6-5-17(24)14(2)20(18)28-22/h3-6,8-9,11,15H,7,10,12H2,1-2H3,(H,27,28)/t15-,23+/m1/s1. The molecule has 6 rings (SSSR count). The van der Waals surface area contributed by atoms with Gasteiger partial charge in [0.25, 0.3) is 5.91 Å². The SMILES string of the molecule is Cc1ccc(C(=O)N2CC[C@@H]3C[C@@]32c2nc3c(C)c(Cl)ccc3[nH]2)c(-n2nccn2)c1. The number of hydrogen-bond acceptors (Lipinski definition) is 4. The second kappa shape index (κ2) is 6.40. The van der Waals surface area contributed by atoms with Crippen LogP contribution in [0.4, 0.5) is 0 Å². The third kappa shape index (κ3) is 2.59. The predicted octanol–water partition coefficient (Wildman–Crippen LogP) is 4.18. The van der Waals surface area contributed by atoms with Crippen LogP contribution >= 0.6 is 11.6 Å². The van der Waals surface area contributed by atoms with Gasteiger partial charge >= 0.3 is 0 Å². The van der Waals surface area contributed by atoms with Gasteiger partial charge in [0.15, 0.2) is 0 Å². The minimum atomic E-state index is -0.380. The van der Waals surface area contributed by atoms with Crippen molar-refractivity contribution in [1.82, 2.24) is 29.9 Å². The number of rotatable bonds is 3. The summed E-state index contributed by atoms with van der Waals surface area (Å²) in [6.45, 7) is 4.68. The highest BCUT2D eigenvalue weighted by atomic mass is 35.5. The Kier molecular flexibility index (Phi) is 3.84. The Morgan fingerprint density at radius 2 is 2.00 bits per heavy atom. The molecule has 1 N–H and O–H groups in total. The van der Waals surface area contributed by atoms with Crippen molar-refractivity contribution >= 4 is 28.5 Å². The van der Waals surface area contributed by atoms with E-state index in [0.717, 1.165) is 40.8 Å². The number of carbonyl (C=O) groups excluding carboxylic acids is 1. The molecule has 1 saturated carbocycles. The van der Waals surface area contributed by atoms with Crippen LogP contribution in [0.15, 0.2) is 42.7 Å². The van der Waals surface area contributed by atoms with Gasteiger partial charge < -0.3 is 9.88 Å². The summed E-state index contributed by atoms with van der Waals surface area (Å²) >= 11 is 6.31. The molecule has 0 bridgehead atoms. The molecular weight excluding hydrogens is 412 g/mol. The van der Waals surface area contributed by atoms with Crippen molar-refractivity contribution in [2.24, 2.45) is 5.92 Å². The molecule has 1 aliphatic carbocycles. The molecule has 0 unspecified atom stereocenters. The first kappa shape index (κ1) is 18.6. The van der Waals surface area contributed by atoms with Gasteiger partial charge in [-0.25, -0.2) is 4.98 Å². The molecule has 0 spiro atoms. The van der Waals surface area contributed by atoms with Gasteiger partial charge in [0, 0.05) is 11.6 Å². The topological polar surface area (TPSA) is 79.7 Å². The predicted molar refractivity (Wildman–Crippen MR) is 117 cm³/mol. The molecule has 8 heteroatoms. The first-order valence-corrected chi connectivity index (χ1v) is 10.8. The summed E-state index contributed by atoms with van der Waals surface area (Å²) in [4.78, 5) is 25.7. The molecule has 156 valence electrons. The summed E-state index contributed by atoms with van der Waals surface area (Å²) in [7, 11) is 0. The number of halogens is 1. The minimum absolute atomic E-state index is 0.0116. The van der Waals surface area contributed by atoms with Crippen molar-refractivity contribution in [1.29, 1.82) is 0 Å². The monoisotopic (exact) mass is 432 g/mol. The number of benzene rings is 2. The molecule has 2 fully saturated rings.